The van der Waals surface area contributed by atoms with Gasteiger partial charge in [-0.05, 0) is 30.3 Å². The van der Waals surface area contributed by atoms with E-state index < -0.39 is 10.0 Å². The van der Waals surface area contributed by atoms with Crippen LogP contribution >= 0.6 is 11.3 Å². The molecule has 0 aliphatic carbocycles. The molecule has 0 radical (unpaired) electrons. The standard InChI is InChI=1S/C14H13N3O3S2/c1-17-12-6-5-11(8-13(12)21-14(17)18)22(19,20)16-9-10-4-2-3-7-15-10/h2-8,16H,9H2,1H3. The number of nitrogens with one attached hydrogen (secondary N) is 1. The van der Waals surface area contributed by atoms with Gasteiger partial charge in [-0.2, -0.15) is 0 Å². The maximum Gasteiger partial charge on any atom is 0.307 e. The summed E-state index contributed by atoms with van der Waals surface area (Å²) < 4.78 is 29.3. The van der Waals surface area contributed by atoms with Crippen LogP contribution in [0.1, 0.15) is 5.69 Å². The molecule has 2 aromatic heterocycles. The Hall–Kier alpha value is -2.03. The number of pyridine rings is 1. The van der Waals surface area contributed by atoms with E-state index in [-0.39, 0.29) is 16.3 Å². The third-order valence-electron chi connectivity index (χ3n) is 3.24. The molecule has 114 valence electrons. The number of hydrogen-bond acceptors (Lipinski definition) is 5. The number of aryl methyl sites for hydroxylation is 1. The summed E-state index contributed by atoms with van der Waals surface area (Å²) in [4.78, 5) is 15.7. The van der Waals surface area contributed by atoms with Gasteiger partial charge in [-0.3, -0.25) is 9.78 Å². The number of benzene rings is 1. The number of thiazole rings is 1. The van der Waals surface area contributed by atoms with E-state index in [1.807, 2.05) is 0 Å². The molecule has 0 unspecified atom stereocenters. The molecule has 0 spiro atoms. The minimum Gasteiger partial charge on any atom is -0.302 e. The van der Waals surface area contributed by atoms with Crippen LogP contribution in [0.5, 0.6) is 0 Å². The van der Waals surface area contributed by atoms with E-state index >= 15 is 0 Å². The van der Waals surface area contributed by atoms with Crippen LogP contribution in [0.2, 0.25) is 0 Å². The van der Waals surface area contributed by atoms with E-state index in [9.17, 15) is 13.2 Å². The summed E-state index contributed by atoms with van der Waals surface area (Å²) in [6.07, 6.45) is 1.61. The summed E-state index contributed by atoms with van der Waals surface area (Å²) in [6.45, 7) is 0.117. The normalized spacial score (nSPS) is 11.9. The van der Waals surface area contributed by atoms with Gasteiger partial charge in [-0.25, -0.2) is 13.1 Å². The van der Waals surface area contributed by atoms with Crippen molar-refractivity contribution in [1.82, 2.24) is 14.3 Å². The molecule has 0 bridgehead atoms. The van der Waals surface area contributed by atoms with Crippen LogP contribution in [0.25, 0.3) is 10.2 Å². The molecule has 6 nitrogen and oxygen atoms in total. The average Bonchev–Trinajstić information content (AvgIpc) is 2.81. The van der Waals surface area contributed by atoms with Crippen molar-refractivity contribution in [2.24, 2.45) is 7.05 Å². The molecule has 0 aliphatic rings. The van der Waals surface area contributed by atoms with Gasteiger partial charge in [0.05, 0.1) is 27.4 Å². The zero-order valence-electron chi connectivity index (χ0n) is 11.7. The maximum atomic E-state index is 12.3. The molecule has 3 aromatic rings. The number of sulfonamides is 1. The second-order valence-electron chi connectivity index (χ2n) is 4.70. The number of fused-ring (bicyclic) bond motifs is 1. The molecule has 0 amide bonds. The second kappa shape index (κ2) is 5.64. The Labute approximate surface area is 131 Å². The van der Waals surface area contributed by atoms with Crippen molar-refractivity contribution >= 4 is 31.6 Å². The summed E-state index contributed by atoms with van der Waals surface area (Å²) in [7, 11) is -1.99. The Morgan fingerprint density at radius 1 is 1.27 bits per heavy atom. The van der Waals surface area contributed by atoms with Crippen LogP contribution in [-0.2, 0) is 23.6 Å². The van der Waals surface area contributed by atoms with Gasteiger partial charge < -0.3 is 4.57 Å². The lowest BCUT2D eigenvalue weighted by molar-refractivity contribution is 0.580. The van der Waals surface area contributed by atoms with Crippen LogP contribution < -0.4 is 9.60 Å². The molecule has 0 saturated heterocycles. The van der Waals surface area contributed by atoms with Crippen molar-refractivity contribution in [1.29, 1.82) is 0 Å². The summed E-state index contributed by atoms with van der Waals surface area (Å²) >= 11 is 1.03. The smallest absolute Gasteiger partial charge is 0.302 e. The number of rotatable bonds is 4. The fourth-order valence-corrected chi connectivity index (χ4v) is 4.05. The lowest BCUT2D eigenvalue weighted by Gasteiger charge is -2.06. The van der Waals surface area contributed by atoms with E-state index in [1.54, 1.807) is 37.5 Å². The number of hydrogen-bond donors (Lipinski definition) is 1. The van der Waals surface area contributed by atoms with Gasteiger partial charge in [0.2, 0.25) is 10.0 Å². The van der Waals surface area contributed by atoms with Crippen molar-refractivity contribution in [3.8, 4) is 0 Å². The third-order valence-corrected chi connectivity index (χ3v) is 5.64. The van der Waals surface area contributed by atoms with Crippen LogP contribution in [-0.4, -0.2) is 18.0 Å². The summed E-state index contributed by atoms with van der Waals surface area (Å²) in [6, 6.07) is 9.96. The predicted molar refractivity (Wildman–Crippen MR) is 85.3 cm³/mol. The minimum absolute atomic E-state index is 0.117. The Bertz CT molecular complexity index is 975. The Morgan fingerprint density at radius 2 is 2.09 bits per heavy atom. The first-order valence-corrected chi connectivity index (χ1v) is 8.76. The molecular weight excluding hydrogens is 322 g/mol. The lowest BCUT2D eigenvalue weighted by atomic mass is 10.3. The number of aromatic nitrogens is 2. The van der Waals surface area contributed by atoms with Crippen molar-refractivity contribution in [2.75, 3.05) is 0 Å². The third kappa shape index (κ3) is 2.80. The zero-order valence-corrected chi connectivity index (χ0v) is 13.3. The van der Waals surface area contributed by atoms with Gasteiger partial charge in [-0.15, -0.1) is 0 Å². The molecule has 0 saturated carbocycles. The quantitative estimate of drug-likeness (QED) is 0.783. The molecule has 3 rings (SSSR count). The predicted octanol–water partition coefficient (Wildman–Crippen LogP) is 1.47. The fourth-order valence-electron chi connectivity index (χ4n) is 2.04. The van der Waals surface area contributed by atoms with Crippen LogP contribution in [0.3, 0.4) is 0 Å². The Balaban J connectivity index is 1.90. The topological polar surface area (TPSA) is 81.1 Å². The Kier molecular flexibility index (Phi) is 3.81. The minimum atomic E-state index is -3.65. The van der Waals surface area contributed by atoms with E-state index in [1.165, 1.54) is 16.7 Å². The van der Waals surface area contributed by atoms with Crippen molar-refractivity contribution < 1.29 is 8.42 Å². The van der Waals surface area contributed by atoms with Crippen molar-refractivity contribution in [3.05, 3.63) is 58.0 Å². The lowest BCUT2D eigenvalue weighted by Crippen LogP contribution is -2.23. The molecule has 1 aromatic carbocycles. The van der Waals surface area contributed by atoms with Crippen LogP contribution in [0.4, 0.5) is 0 Å². The van der Waals surface area contributed by atoms with Gasteiger partial charge >= 0.3 is 4.87 Å². The molecule has 2 heterocycles. The largest absolute Gasteiger partial charge is 0.307 e. The number of nitrogens with zero attached hydrogens (tertiary/aromatic N) is 2. The van der Waals surface area contributed by atoms with Gasteiger partial charge in [0.1, 0.15) is 0 Å². The maximum absolute atomic E-state index is 12.3. The molecule has 0 atom stereocenters. The summed E-state index contributed by atoms with van der Waals surface area (Å²) in [5.74, 6) is 0. The van der Waals surface area contributed by atoms with Crippen LogP contribution in [0.15, 0.2) is 52.3 Å². The first-order valence-electron chi connectivity index (χ1n) is 6.46. The highest BCUT2D eigenvalue weighted by molar-refractivity contribution is 7.89. The molecule has 22 heavy (non-hydrogen) atoms. The highest BCUT2D eigenvalue weighted by Gasteiger charge is 2.16. The van der Waals surface area contributed by atoms with E-state index in [4.69, 9.17) is 0 Å². The highest BCUT2D eigenvalue weighted by atomic mass is 32.2. The SMILES string of the molecule is Cn1c(=O)sc2cc(S(=O)(=O)NCc3ccccn3)ccc21. The average molecular weight is 335 g/mol. The van der Waals surface area contributed by atoms with Crippen LogP contribution in [0, 0.1) is 0 Å². The molecule has 8 heteroatoms. The van der Waals surface area contributed by atoms with E-state index in [0.717, 1.165) is 16.9 Å². The van der Waals surface area contributed by atoms with Crippen molar-refractivity contribution in [2.45, 2.75) is 11.4 Å². The molecule has 1 N–H and O–H groups in total. The van der Waals surface area contributed by atoms with Gasteiger partial charge in [-0.1, -0.05) is 17.4 Å². The van der Waals surface area contributed by atoms with Gasteiger partial charge in [0.25, 0.3) is 0 Å². The molecular formula is C14H13N3O3S2. The fraction of sp³-hybridized carbons (Fsp3) is 0.143. The molecule has 0 fully saturated rings. The molecule has 0 aliphatic heterocycles. The first-order chi connectivity index (χ1) is 10.5. The highest BCUT2D eigenvalue weighted by Crippen LogP contribution is 2.21. The van der Waals surface area contributed by atoms with Gasteiger partial charge in [0.15, 0.2) is 0 Å². The Morgan fingerprint density at radius 3 is 2.82 bits per heavy atom. The van der Waals surface area contributed by atoms with E-state index in [0.29, 0.717) is 10.4 Å². The second-order valence-corrected chi connectivity index (χ2v) is 7.46. The monoisotopic (exact) mass is 335 g/mol. The summed E-state index contributed by atoms with van der Waals surface area (Å²) in [5, 5.41) is 0. The summed E-state index contributed by atoms with van der Waals surface area (Å²) in [5.41, 5.74) is 1.36. The van der Waals surface area contributed by atoms with E-state index in [2.05, 4.69) is 9.71 Å². The van der Waals surface area contributed by atoms with Gasteiger partial charge in [0, 0.05) is 13.2 Å². The van der Waals surface area contributed by atoms with Crippen molar-refractivity contribution in [3.63, 3.8) is 0 Å². The zero-order chi connectivity index (χ0) is 15.7. The first kappa shape index (κ1) is 14.9.